The summed E-state index contributed by atoms with van der Waals surface area (Å²) in [6.45, 7) is 6.40. The molecule has 0 aliphatic rings. The van der Waals surface area contributed by atoms with Crippen LogP contribution in [0.25, 0.3) is 10.8 Å². The minimum Gasteiger partial charge on any atom is -0.485 e. The van der Waals surface area contributed by atoms with E-state index in [1.807, 2.05) is 51.1 Å². The standard InChI is InChI=1S/C16H18N4O/c1-16(2,3)20-18-15(17-19-20)11-21-14-10-6-8-12-7-4-5-9-13(12)14/h4-10H,11H2,1-3H3. The van der Waals surface area contributed by atoms with Crippen molar-refractivity contribution in [1.82, 2.24) is 20.2 Å². The number of tetrazole rings is 1. The lowest BCUT2D eigenvalue weighted by Gasteiger charge is -2.15. The zero-order chi connectivity index (χ0) is 14.9. The number of ether oxygens (including phenoxy) is 1. The van der Waals surface area contributed by atoms with Gasteiger partial charge in [0.1, 0.15) is 5.75 Å². The van der Waals surface area contributed by atoms with Gasteiger partial charge in [0, 0.05) is 5.39 Å². The predicted molar refractivity (Wildman–Crippen MR) is 81.1 cm³/mol. The van der Waals surface area contributed by atoms with Crippen LogP contribution in [-0.4, -0.2) is 20.2 Å². The van der Waals surface area contributed by atoms with E-state index >= 15 is 0 Å². The zero-order valence-corrected chi connectivity index (χ0v) is 12.4. The fourth-order valence-corrected chi connectivity index (χ4v) is 2.05. The van der Waals surface area contributed by atoms with E-state index in [0.717, 1.165) is 16.5 Å². The second kappa shape index (κ2) is 5.16. The number of fused-ring (bicyclic) bond motifs is 1. The molecule has 5 nitrogen and oxygen atoms in total. The van der Waals surface area contributed by atoms with Gasteiger partial charge in [-0.15, -0.1) is 10.2 Å². The van der Waals surface area contributed by atoms with Crippen LogP contribution >= 0.6 is 0 Å². The average Bonchev–Trinajstić information content (AvgIpc) is 2.94. The van der Waals surface area contributed by atoms with Gasteiger partial charge in [0.05, 0.1) is 5.54 Å². The lowest BCUT2D eigenvalue weighted by atomic mass is 10.1. The summed E-state index contributed by atoms with van der Waals surface area (Å²) < 4.78 is 5.85. The van der Waals surface area contributed by atoms with Crippen LogP contribution in [-0.2, 0) is 12.1 Å². The minimum absolute atomic E-state index is 0.176. The zero-order valence-electron chi connectivity index (χ0n) is 12.4. The summed E-state index contributed by atoms with van der Waals surface area (Å²) in [7, 11) is 0. The molecule has 3 aromatic rings. The maximum atomic E-state index is 5.85. The molecule has 21 heavy (non-hydrogen) atoms. The minimum atomic E-state index is -0.176. The molecule has 5 heteroatoms. The Hall–Kier alpha value is -2.43. The first kappa shape index (κ1) is 13.5. The fourth-order valence-electron chi connectivity index (χ4n) is 2.05. The van der Waals surface area contributed by atoms with Crippen molar-refractivity contribution in [3.05, 3.63) is 48.3 Å². The van der Waals surface area contributed by atoms with Gasteiger partial charge in [-0.2, -0.15) is 4.80 Å². The SMILES string of the molecule is CC(C)(C)n1nnc(COc2cccc3ccccc23)n1. The van der Waals surface area contributed by atoms with E-state index in [4.69, 9.17) is 4.74 Å². The third kappa shape index (κ3) is 2.86. The molecule has 0 bridgehead atoms. The van der Waals surface area contributed by atoms with E-state index in [9.17, 15) is 0 Å². The molecule has 0 saturated carbocycles. The van der Waals surface area contributed by atoms with E-state index in [-0.39, 0.29) is 5.54 Å². The van der Waals surface area contributed by atoms with Gasteiger partial charge in [0.15, 0.2) is 6.61 Å². The number of rotatable bonds is 3. The van der Waals surface area contributed by atoms with E-state index in [0.29, 0.717) is 12.4 Å². The van der Waals surface area contributed by atoms with Crippen molar-refractivity contribution in [3.63, 3.8) is 0 Å². The van der Waals surface area contributed by atoms with E-state index in [1.165, 1.54) is 0 Å². The van der Waals surface area contributed by atoms with Crippen LogP contribution in [0, 0.1) is 0 Å². The van der Waals surface area contributed by atoms with Crippen LogP contribution in [0.3, 0.4) is 0 Å². The van der Waals surface area contributed by atoms with Crippen molar-refractivity contribution < 1.29 is 4.74 Å². The van der Waals surface area contributed by atoms with Crippen molar-refractivity contribution >= 4 is 10.8 Å². The first-order chi connectivity index (χ1) is 10.0. The summed E-state index contributed by atoms with van der Waals surface area (Å²) in [6.07, 6.45) is 0. The van der Waals surface area contributed by atoms with Gasteiger partial charge < -0.3 is 4.74 Å². The summed E-state index contributed by atoms with van der Waals surface area (Å²) in [5, 5.41) is 14.7. The van der Waals surface area contributed by atoms with Gasteiger partial charge in [0.2, 0.25) is 5.82 Å². The number of nitrogens with zero attached hydrogens (tertiary/aromatic N) is 4. The van der Waals surface area contributed by atoms with Gasteiger partial charge in [-0.05, 0) is 37.4 Å². The molecule has 108 valence electrons. The molecule has 0 amide bonds. The molecule has 1 aromatic heterocycles. The van der Waals surface area contributed by atoms with Crippen LogP contribution in [0.4, 0.5) is 0 Å². The normalized spacial score (nSPS) is 11.8. The topological polar surface area (TPSA) is 52.8 Å². The molecule has 0 spiro atoms. The highest BCUT2D eigenvalue weighted by Crippen LogP contribution is 2.25. The largest absolute Gasteiger partial charge is 0.485 e. The van der Waals surface area contributed by atoms with Gasteiger partial charge in [-0.25, -0.2) is 0 Å². The second-order valence-electron chi connectivity index (χ2n) is 5.93. The molecule has 0 fully saturated rings. The molecule has 2 aromatic carbocycles. The monoisotopic (exact) mass is 282 g/mol. The lowest BCUT2D eigenvalue weighted by molar-refractivity contribution is 0.286. The van der Waals surface area contributed by atoms with Crippen molar-refractivity contribution in [2.75, 3.05) is 0 Å². The summed E-state index contributed by atoms with van der Waals surface area (Å²) in [6, 6.07) is 14.1. The van der Waals surface area contributed by atoms with Crippen LogP contribution in [0.15, 0.2) is 42.5 Å². The van der Waals surface area contributed by atoms with Crippen LogP contribution in [0.1, 0.15) is 26.6 Å². The fraction of sp³-hybridized carbons (Fsp3) is 0.312. The van der Waals surface area contributed by atoms with Crippen molar-refractivity contribution in [3.8, 4) is 5.75 Å². The molecular formula is C16H18N4O. The molecule has 0 saturated heterocycles. The molecule has 1 heterocycles. The van der Waals surface area contributed by atoms with E-state index < -0.39 is 0 Å². The predicted octanol–water partition coefficient (Wildman–Crippen LogP) is 3.16. The Morgan fingerprint density at radius 1 is 1.05 bits per heavy atom. The highest BCUT2D eigenvalue weighted by atomic mass is 16.5. The molecular weight excluding hydrogens is 264 g/mol. The van der Waals surface area contributed by atoms with E-state index in [1.54, 1.807) is 4.80 Å². The lowest BCUT2D eigenvalue weighted by Crippen LogP contribution is -2.24. The molecule has 0 unspecified atom stereocenters. The summed E-state index contributed by atoms with van der Waals surface area (Å²) in [5.41, 5.74) is -0.176. The number of benzene rings is 2. The summed E-state index contributed by atoms with van der Waals surface area (Å²) in [5.74, 6) is 1.41. The molecule has 0 radical (unpaired) electrons. The van der Waals surface area contributed by atoms with Crippen molar-refractivity contribution in [2.24, 2.45) is 0 Å². The quantitative estimate of drug-likeness (QED) is 0.740. The first-order valence-corrected chi connectivity index (χ1v) is 6.94. The van der Waals surface area contributed by atoms with Gasteiger partial charge in [-0.1, -0.05) is 36.4 Å². The van der Waals surface area contributed by atoms with Gasteiger partial charge in [-0.3, -0.25) is 0 Å². The maximum absolute atomic E-state index is 5.85. The average molecular weight is 282 g/mol. The first-order valence-electron chi connectivity index (χ1n) is 6.94. The van der Waals surface area contributed by atoms with Crippen LogP contribution in [0.2, 0.25) is 0 Å². The summed E-state index contributed by atoms with van der Waals surface area (Å²) in [4.78, 5) is 1.61. The number of hydrogen-bond acceptors (Lipinski definition) is 4. The Labute approximate surface area is 123 Å². The Kier molecular flexibility index (Phi) is 3.33. The molecule has 3 rings (SSSR count). The Morgan fingerprint density at radius 2 is 1.81 bits per heavy atom. The van der Waals surface area contributed by atoms with Gasteiger partial charge >= 0.3 is 0 Å². The number of aromatic nitrogens is 4. The number of hydrogen-bond donors (Lipinski definition) is 0. The van der Waals surface area contributed by atoms with Gasteiger partial charge in [0.25, 0.3) is 0 Å². The maximum Gasteiger partial charge on any atom is 0.212 e. The smallest absolute Gasteiger partial charge is 0.212 e. The second-order valence-corrected chi connectivity index (χ2v) is 5.93. The van der Waals surface area contributed by atoms with Crippen LogP contribution in [0.5, 0.6) is 5.75 Å². The van der Waals surface area contributed by atoms with Crippen molar-refractivity contribution in [1.29, 1.82) is 0 Å². The molecule has 0 aliphatic heterocycles. The Morgan fingerprint density at radius 3 is 2.57 bits per heavy atom. The molecule has 0 atom stereocenters. The highest BCUT2D eigenvalue weighted by molar-refractivity contribution is 5.88. The molecule has 0 aliphatic carbocycles. The molecule has 0 N–H and O–H groups in total. The Bertz CT molecular complexity index is 753. The van der Waals surface area contributed by atoms with Crippen LogP contribution < -0.4 is 4.74 Å². The van der Waals surface area contributed by atoms with E-state index in [2.05, 4.69) is 27.5 Å². The van der Waals surface area contributed by atoms with Crippen molar-refractivity contribution in [2.45, 2.75) is 32.9 Å². The third-order valence-corrected chi connectivity index (χ3v) is 3.16. The summed E-state index contributed by atoms with van der Waals surface area (Å²) >= 11 is 0. The highest BCUT2D eigenvalue weighted by Gasteiger charge is 2.17. The third-order valence-electron chi connectivity index (χ3n) is 3.16. The Balaban J connectivity index is 1.79.